The number of benzene rings is 2. The summed E-state index contributed by atoms with van der Waals surface area (Å²) in [5.41, 5.74) is 6.19. The Morgan fingerprint density at radius 2 is 1.95 bits per heavy atom. The number of nitrogens with one attached hydrogen (secondary N) is 1. The van der Waals surface area contributed by atoms with Crippen LogP contribution in [0.25, 0.3) is 0 Å². The van der Waals surface area contributed by atoms with Gasteiger partial charge in [-0.2, -0.15) is 0 Å². The quantitative estimate of drug-likeness (QED) is 0.672. The van der Waals surface area contributed by atoms with E-state index in [0.29, 0.717) is 10.6 Å². The summed E-state index contributed by atoms with van der Waals surface area (Å²) in [5.74, 6) is -1.29. The fourth-order valence-corrected chi connectivity index (χ4v) is 2.31. The molecule has 0 fully saturated rings. The summed E-state index contributed by atoms with van der Waals surface area (Å²) in [6, 6.07) is 9.83. The van der Waals surface area contributed by atoms with Gasteiger partial charge in [-0.15, -0.1) is 11.8 Å². The number of halogens is 2. The van der Waals surface area contributed by atoms with Gasteiger partial charge in [-0.25, -0.2) is 8.78 Å². The molecule has 0 saturated carbocycles. The summed E-state index contributed by atoms with van der Waals surface area (Å²) in [6.07, 6.45) is 0. The lowest BCUT2D eigenvalue weighted by Crippen LogP contribution is -2.15. The number of carbonyl (C=O) groups excluding carboxylic acids is 1. The normalized spacial score (nSPS) is 10.3. The van der Waals surface area contributed by atoms with Gasteiger partial charge in [-0.1, -0.05) is 12.1 Å². The molecule has 1 amide bonds. The van der Waals surface area contributed by atoms with Crippen molar-refractivity contribution in [1.82, 2.24) is 0 Å². The van der Waals surface area contributed by atoms with Gasteiger partial charge in [-0.05, 0) is 30.3 Å². The summed E-state index contributed by atoms with van der Waals surface area (Å²) in [6.45, 7) is 0. The van der Waals surface area contributed by atoms with Crippen LogP contribution in [0.1, 0.15) is 0 Å². The molecule has 0 aliphatic heterocycles. The Kier molecular flexibility index (Phi) is 4.57. The lowest BCUT2D eigenvalue weighted by molar-refractivity contribution is -0.113. The van der Waals surface area contributed by atoms with Gasteiger partial charge in [0.1, 0.15) is 11.6 Å². The molecule has 3 nitrogen and oxygen atoms in total. The van der Waals surface area contributed by atoms with E-state index in [0.717, 1.165) is 11.8 Å². The minimum atomic E-state index is -0.504. The highest BCUT2D eigenvalue weighted by Crippen LogP contribution is 2.26. The largest absolute Gasteiger partial charge is 0.398 e. The van der Waals surface area contributed by atoms with E-state index in [1.54, 1.807) is 6.07 Å². The van der Waals surface area contributed by atoms with Crippen LogP contribution < -0.4 is 11.1 Å². The van der Waals surface area contributed by atoms with Gasteiger partial charge in [0.2, 0.25) is 5.91 Å². The molecular formula is C14H12F2N2OS. The van der Waals surface area contributed by atoms with E-state index in [-0.39, 0.29) is 17.3 Å². The second kappa shape index (κ2) is 6.38. The second-order valence-electron chi connectivity index (χ2n) is 4.00. The van der Waals surface area contributed by atoms with E-state index in [4.69, 9.17) is 5.73 Å². The zero-order chi connectivity index (χ0) is 14.5. The lowest BCUT2D eigenvalue weighted by atomic mass is 10.3. The van der Waals surface area contributed by atoms with E-state index in [2.05, 4.69) is 5.32 Å². The molecule has 0 atom stereocenters. The smallest absolute Gasteiger partial charge is 0.234 e. The van der Waals surface area contributed by atoms with E-state index in [9.17, 15) is 13.6 Å². The number of nitrogen functional groups attached to an aromatic ring is 1. The molecule has 0 unspecified atom stereocenters. The van der Waals surface area contributed by atoms with E-state index in [1.807, 2.05) is 0 Å². The topological polar surface area (TPSA) is 55.1 Å². The Hall–Kier alpha value is -2.08. The van der Waals surface area contributed by atoms with Gasteiger partial charge in [0.25, 0.3) is 0 Å². The van der Waals surface area contributed by atoms with Crippen molar-refractivity contribution in [3.8, 4) is 0 Å². The van der Waals surface area contributed by atoms with Crippen molar-refractivity contribution < 1.29 is 13.6 Å². The van der Waals surface area contributed by atoms with Crippen LogP contribution in [0.5, 0.6) is 0 Å². The van der Waals surface area contributed by atoms with Gasteiger partial charge in [0, 0.05) is 10.6 Å². The SMILES string of the molecule is Nc1ccc(F)cc1SCC(=O)Nc1ccccc1F. The highest BCUT2D eigenvalue weighted by atomic mass is 32.2. The minimum absolute atomic E-state index is 0.0159. The molecule has 2 aromatic rings. The second-order valence-corrected chi connectivity index (χ2v) is 5.02. The number of rotatable bonds is 4. The van der Waals surface area contributed by atoms with Crippen LogP contribution in [0, 0.1) is 11.6 Å². The van der Waals surface area contributed by atoms with Crippen LogP contribution in [-0.4, -0.2) is 11.7 Å². The van der Waals surface area contributed by atoms with Crippen molar-refractivity contribution in [2.45, 2.75) is 4.90 Å². The number of hydrogen-bond acceptors (Lipinski definition) is 3. The third-order valence-corrected chi connectivity index (χ3v) is 3.55. The first-order valence-corrected chi connectivity index (χ1v) is 6.77. The first kappa shape index (κ1) is 14.3. The molecule has 0 aliphatic carbocycles. The number of amides is 1. The van der Waals surface area contributed by atoms with Crippen LogP contribution in [0.3, 0.4) is 0 Å². The number of anilines is 2. The molecule has 0 saturated heterocycles. The summed E-state index contributed by atoms with van der Waals surface area (Å²) < 4.78 is 26.4. The third-order valence-electron chi connectivity index (χ3n) is 2.48. The Balaban J connectivity index is 1.96. The van der Waals surface area contributed by atoms with Crippen LogP contribution in [0.2, 0.25) is 0 Å². The van der Waals surface area contributed by atoms with Crippen LogP contribution >= 0.6 is 11.8 Å². The average molecular weight is 294 g/mol. The van der Waals surface area contributed by atoms with Crippen molar-refractivity contribution in [3.63, 3.8) is 0 Å². The third kappa shape index (κ3) is 3.71. The van der Waals surface area contributed by atoms with Crippen molar-refractivity contribution in [3.05, 3.63) is 54.1 Å². The van der Waals surface area contributed by atoms with Crippen molar-refractivity contribution >= 4 is 29.0 Å². The first-order chi connectivity index (χ1) is 9.56. The number of carbonyl (C=O) groups is 1. The van der Waals surface area contributed by atoms with Gasteiger partial charge < -0.3 is 11.1 Å². The zero-order valence-corrected chi connectivity index (χ0v) is 11.2. The van der Waals surface area contributed by atoms with E-state index in [1.165, 1.54) is 36.4 Å². The molecule has 0 spiro atoms. The molecule has 0 aromatic heterocycles. The van der Waals surface area contributed by atoms with Gasteiger partial charge in [-0.3, -0.25) is 4.79 Å². The molecule has 104 valence electrons. The van der Waals surface area contributed by atoms with Crippen molar-refractivity contribution in [1.29, 1.82) is 0 Å². The predicted octanol–water partition coefficient (Wildman–Crippen LogP) is 3.28. The Bertz CT molecular complexity index is 634. The van der Waals surface area contributed by atoms with Gasteiger partial charge in [0.15, 0.2) is 0 Å². The number of nitrogens with two attached hydrogens (primary N) is 1. The molecule has 6 heteroatoms. The van der Waals surface area contributed by atoms with E-state index >= 15 is 0 Å². The summed E-state index contributed by atoms with van der Waals surface area (Å²) in [4.78, 5) is 12.2. The van der Waals surface area contributed by atoms with Crippen molar-refractivity contribution in [2.75, 3.05) is 16.8 Å². The van der Waals surface area contributed by atoms with Crippen LogP contribution in [0.15, 0.2) is 47.4 Å². The maximum Gasteiger partial charge on any atom is 0.234 e. The molecule has 3 N–H and O–H groups in total. The highest BCUT2D eigenvalue weighted by Gasteiger charge is 2.09. The molecule has 2 rings (SSSR count). The van der Waals surface area contributed by atoms with E-state index < -0.39 is 11.6 Å². The van der Waals surface area contributed by atoms with Gasteiger partial charge in [0.05, 0.1) is 11.4 Å². The molecule has 0 aliphatic rings. The number of hydrogen-bond donors (Lipinski definition) is 2. The summed E-state index contributed by atoms with van der Waals surface area (Å²) in [5, 5.41) is 2.45. The van der Waals surface area contributed by atoms with Crippen LogP contribution in [0.4, 0.5) is 20.2 Å². The standard InChI is InChI=1S/C14H12F2N2OS/c15-9-5-6-11(17)13(7-9)20-8-14(19)18-12-4-2-1-3-10(12)16/h1-7H,8,17H2,(H,18,19). The first-order valence-electron chi connectivity index (χ1n) is 5.78. The predicted molar refractivity (Wildman–Crippen MR) is 76.6 cm³/mol. The summed E-state index contributed by atoms with van der Waals surface area (Å²) >= 11 is 1.09. The minimum Gasteiger partial charge on any atom is -0.398 e. The number of thioether (sulfide) groups is 1. The maximum atomic E-state index is 13.3. The highest BCUT2D eigenvalue weighted by molar-refractivity contribution is 8.00. The van der Waals surface area contributed by atoms with Crippen molar-refractivity contribution in [2.24, 2.45) is 0 Å². The fourth-order valence-electron chi connectivity index (χ4n) is 1.53. The number of para-hydroxylation sites is 1. The Morgan fingerprint density at radius 3 is 2.70 bits per heavy atom. The Morgan fingerprint density at radius 1 is 1.20 bits per heavy atom. The average Bonchev–Trinajstić information content (AvgIpc) is 2.42. The molecule has 0 bridgehead atoms. The molecule has 0 heterocycles. The molecule has 20 heavy (non-hydrogen) atoms. The van der Waals surface area contributed by atoms with Gasteiger partial charge >= 0.3 is 0 Å². The molecule has 0 radical (unpaired) electrons. The maximum absolute atomic E-state index is 13.3. The zero-order valence-electron chi connectivity index (χ0n) is 10.4. The monoisotopic (exact) mass is 294 g/mol. The molecular weight excluding hydrogens is 282 g/mol. The van der Waals surface area contributed by atoms with Crippen LogP contribution in [-0.2, 0) is 4.79 Å². The Labute approximate surface area is 119 Å². The fraction of sp³-hybridized carbons (Fsp3) is 0.0714. The summed E-state index contributed by atoms with van der Waals surface area (Å²) in [7, 11) is 0. The lowest BCUT2D eigenvalue weighted by Gasteiger charge is -2.07. The molecule has 2 aromatic carbocycles.